The highest BCUT2D eigenvalue weighted by Crippen LogP contribution is 2.38. The van der Waals surface area contributed by atoms with E-state index in [0.717, 1.165) is 19.2 Å². The molecule has 1 nitrogen and oxygen atoms in total. The quantitative estimate of drug-likeness (QED) is 0.724. The Kier molecular flexibility index (Phi) is 3.85. The SMILES string of the molecule is COc1cc(C(F)(F)F)cc(-c2ccc(F)cc2F)c1F. The number of methoxy groups -OCH3 is 1. The van der Waals surface area contributed by atoms with Crippen LogP contribution in [0.5, 0.6) is 5.75 Å². The van der Waals surface area contributed by atoms with Crippen molar-refractivity contribution in [3.8, 4) is 16.9 Å². The van der Waals surface area contributed by atoms with Crippen LogP contribution in [-0.2, 0) is 6.18 Å². The molecule has 21 heavy (non-hydrogen) atoms. The van der Waals surface area contributed by atoms with Crippen molar-refractivity contribution in [1.82, 2.24) is 0 Å². The lowest BCUT2D eigenvalue weighted by molar-refractivity contribution is -0.137. The maximum absolute atomic E-state index is 14.1. The lowest BCUT2D eigenvalue weighted by Crippen LogP contribution is -2.07. The topological polar surface area (TPSA) is 9.23 Å². The van der Waals surface area contributed by atoms with E-state index in [1.165, 1.54) is 0 Å². The van der Waals surface area contributed by atoms with Gasteiger partial charge < -0.3 is 4.74 Å². The minimum atomic E-state index is -4.76. The van der Waals surface area contributed by atoms with E-state index < -0.39 is 46.1 Å². The largest absolute Gasteiger partial charge is 0.494 e. The van der Waals surface area contributed by atoms with Crippen molar-refractivity contribution in [1.29, 1.82) is 0 Å². The van der Waals surface area contributed by atoms with Gasteiger partial charge in [-0.15, -0.1) is 0 Å². The Morgan fingerprint density at radius 3 is 2.10 bits per heavy atom. The maximum atomic E-state index is 14.1. The highest BCUT2D eigenvalue weighted by Gasteiger charge is 2.33. The van der Waals surface area contributed by atoms with Crippen LogP contribution < -0.4 is 4.74 Å². The lowest BCUT2D eigenvalue weighted by Gasteiger charge is -2.14. The third-order valence-electron chi connectivity index (χ3n) is 2.81. The molecule has 0 N–H and O–H groups in total. The number of hydrogen-bond acceptors (Lipinski definition) is 1. The van der Waals surface area contributed by atoms with Crippen LogP contribution in [0.15, 0.2) is 30.3 Å². The Morgan fingerprint density at radius 1 is 0.905 bits per heavy atom. The molecule has 2 aromatic rings. The third-order valence-corrected chi connectivity index (χ3v) is 2.81. The molecule has 0 spiro atoms. The molecular weight excluding hydrogens is 298 g/mol. The Labute approximate surface area is 115 Å². The molecule has 7 heteroatoms. The van der Waals surface area contributed by atoms with Crippen molar-refractivity contribution in [2.45, 2.75) is 6.18 Å². The predicted octanol–water partition coefficient (Wildman–Crippen LogP) is 4.80. The van der Waals surface area contributed by atoms with Crippen LogP contribution in [0.2, 0.25) is 0 Å². The van der Waals surface area contributed by atoms with E-state index in [1.807, 2.05) is 0 Å². The summed E-state index contributed by atoms with van der Waals surface area (Å²) in [4.78, 5) is 0. The maximum Gasteiger partial charge on any atom is 0.416 e. The van der Waals surface area contributed by atoms with Gasteiger partial charge in [-0.25, -0.2) is 13.2 Å². The molecule has 0 unspecified atom stereocenters. The Hall–Kier alpha value is -2.18. The summed E-state index contributed by atoms with van der Waals surface area (Å²) in [5, 5.41) is 0. The molecule has 0 aliphatic heterocycles. The average Bonchev–Trinajstić information content (AvgIpc) is 2.38. The average molecular weight is 306 g/mol. The fraction of sp³-hybridized carbons (Fsp3) is 0.143. The Morgan fingerprint density at radius 2 is 1.57 bits per heavy atom. The molecule has 0 fully saturated rings. The lowest BCUT2D eigenvalue weighted by atomic mass is 10.0. The van der Waals surface area contributed by atoms with Gasteiger partial charge in [0.1, 0.15) is 11.6 Å². The normalized spacial score (nSPS) is 11.6. The van der Waals surface area contributed by atoms with Crippen LogP contribution in [0.25, 0.3) is 11.1 Å². The van der Waals surface area contributed by atoms with Gasteiger partial charge in [0, 0.05) is 17.2 Å². The van der Waals surface area contributed by atoms with E-state index in [9.17, 15) is 26.3 Å². The van der Waals surface area contributed by atoms with E-state index in [2.05, 4.69) is 4.74 Å². The van der Waals surface area contributed by atoms with Crippen molar-refractivity contribution < 1.29 is 31.1 Å². The van der Waals surface area contributed by atoms with Crippen LogP contribution in [0.4, 0.5) is 26.3 Å². The zero-order valence-electron chi connectivity index (χ0n) is 10.6. The molecule has 0 atom stereocenters. The smallest absolute Gasteiger partial charge is 0.416 e. The zero-order valence-corrected chi connectivity index (χ0v) is 10.6. The third kappa shape index (κ3) is 2.96. The van der Waals surface area contributed by atoms with Crippen LogP contribution in [0, 0.1) is 17.5 Å². The first-order chi connectivity index (χ1) is 9.74. The first-order valence-electron chi connectivity index (χ1n) is 5.64. The Bertz CT molecular complexity index is 678. The van der Waals surface area contributed by atoms with Gasteiger partial charge in [0.2, 0.25) is 0 Å². The monoisotopic (exact) mass is 306 g/mol. The van der Waals surface area contributed by atoms with Crippen molar-refractivity contribution in [3.63, 3.8) is 0 Å². The highest BCUT2D eigenvalue weighted by atomic mass is 19.4. The second-order valence-electron chi connectivity index (χ2n) is 4.16. The predicted molar refractivity (Wildman–Crippen MR) is 63.3 cm³/mol. The van der Waals surface area contributed by atoms with Gasteiger partial charge in [0.05, 0.1) is 12.7 Å². The minimum Gasteiger partial charge on any atom is -0.494 e. The molecule has 0 saturated carbocycles. The van der Waals surface area contributed by atoms with Gasteiger partial charge in [-0.3, -0.25) is 0 Å². The summed E-state index contributed by atoms with van der Waals surface area (Å²) in [7, 11) is 0.989. The molecular formula is C14H8F6O. The summed E-state index contributed by atoms with van der Waals surface area (Å²) < 4.78 is 83.4. The number of benzene rings is 2. The first kappa shape index (κ1) is 15.2. The number of alkyl halides is 3. The number of ether oxygens (including phenoxy) is 1. The van der Waals surface area contributed by atoms with Gasteiger partial charge >= 0.3 is 6.18 Å². The van der Waals surface area contributed by atoms with Crippen LogP contribution in [-0.4, -0.2) is 7.11 Å². The zero-order chi connectivity index (χ0) is 15.8. The summed E-state index contributed by atoms with van der Waals surface area (Å²) in [6.45, 7) is 0. The molecule has 0 aliphatic carbocycles. The summed E-state index contributed by atoms with van der Waals surface area (Å²) in [5.41, 5.74) is -2.34. The highest BCUT2D eigenvalue weighted by molar-refractivity contribution is 5.68. The van der Waals surface area contributed by atoms with Gasteiger partial charge in [-0.1, -0.05) is 0 Å². The van der Waals surface area contributed by atoms with Gasteiger partial charge in [0.15, 0.2) is 11.6 Å². The molecule has 0 heterocycles. The van der Waals surface area contributed by atoms with Crippen molar-refractivity contribution in [3.05, 3.63) is 53.3 Å². The summed E-state index contributed by atoms with van der Waals surface area (Å²) >= 11 is 0. The molecule has 2 rings (SSSR count). The molecule has 0 bridgehead atoms. The van der Waals surface area contributed by atoms with Gasteiger partial charge in [-0.2, -0.15) is 13.2 Å². The van der Waals surface area contributed by atoms with E-state index in [0.29, 0.717) is 18.2 Å². The number of hydrogen-bond donors (Lipinski definition) is 0. The molecule has 2 aromatic carbocycles. The van der Waals surface area contributed by atoms with Crippen LogP contribution in [0.3, 0.4) is 0 Å². The van der Waals surface area contributed by atoms with Crippen molar-refractivity contribution >= 4 is 0 Å². The van der Waals surface area contributed by atoms with Crippen LogP contribution in [0.1, 0.15) is 5.56 Å². The van der Waals surface area contributed by atoms with E-state index in [4.69, 9.17) is 0 Å². The van der Waals surface area contributed by atoms with Gasteiger partial charge in [0.25, 0.3) is 0 Å². The summed E-state index contributed by atoms with van der Waals surface area (Å²) in [5.74, 6) is -3.93. The molecule has 0 saturated heterocycles. The molecule has 0 amide bonds. The standard InChI is InChI=1S/C14H8F6O/c1-21-12-5-7(14(18,19)20)4-10(13(12)17)9-3-2-8(15)6-11(9)16/h2-6H,1H3. The number of halogens is 6. The molecule has 0 aromatic heterocycles. The second kappa shape index (κ2) is 5.31. The van der Waals surface area contributed by atoms with Crippen molar-refractivity contribution in [2.24, 2.45) is 0 Å². The van der Waals surface area contributed by atoms with Crippen molar-refractivity contribution in [2.75, 3.05) is 7.11 Å². The van der Waals surface area contributed by atoms with E-state index >= 15 is 0 Å². The summed E-state index contributed by atoms with van der Waals surface area (Å²) in [6, 6.07) is 3.07. The van der Waals surface area contributed by atoms with Crippen LogP contribution >= 0.6 is 0 Å². The van der Waals surface area contributed by atoms with E-state index in [1.54, 1.807) is 0 Å². The molecule has 0 radical (unpaired) electrons. The molecule has 112 valence electrons. The number of rotatable bonds is 2. The fourth-order valence-corrected chi connectivity index (χ4v) is 1.81. The van der Waals surface area contributed by atoms with E-state index in [-0.39, 0.29) is 0 Å². The minimum absolute atomic E-state index is 0.453. The Balaban J connectivity index is 2.72. The fourth-order valence-electron chi connectivity index (χ4n) is 1.81. The first-order valence-corrected chi connectivity index (χ1v) is 5.64. The van der Waals surface area contributed by atoms with Gasteiger partial charge in [-0.05, 0) is 24.3 Å². The summed E-state index contributed by atoms with van der Waals surface area (Å²) in [6.07, 6.45) is -4.76. The second-order valence-corrected chi connectivity index (χ2v) is 4.16. The molecule has 0 aliphatic rings.